The Kier molecular flexibility index (Phi) is 3.84. The van der Waals surface area contributed by atoms with E-state index in [1.807, 2.05) is 17.0 Å². The van der Waals surface area contributed by atoms with Crippen LogP contribution in [-0.2, 0) is 16.8 Å². The van der Waals surface area contributed by atoms with Crippen molar-refractivity contribution in [2.45, 2.75) is 18.4 Å². The minimum atomic E-state index is -0.733. The summed E-state index contributed by atoms with van der Waals surface area (Å²) in [4.78, 5) is 28.4. The van der Waals surface area contributed by atoms with Crippen LogP contribution < -0.4 is 10.6 Å². The highest BCUT2D eigenvalue weighted by molar-refractivity contribution is 5.98. The summed E-state index contributed by atoms with van der Waals surface area (Å²) in [6.07, 6.45) is 2.94. The molecule has 8 heteroatoms. The molecule has 4 rings (SSSR count). The maximum atomic E-state index is 11.9. The minimum absolute atomic E-state index is 0.0579. The van der Waals surface area contributed by atoms with E-state index in [4.69, 9.17) is 10.5 Å². The monoisotopic (exact) mass is 354 g/mol. The lowest BCUT2D eigenvalue weighted by atomic mass is 9.93. The Morgan fingerprint density at radius 1 is 1.38 bits per heavy atom. The number of nitrogens with zero attached hydrogens (tertiary/aromatic N) is 3. The third kappa shape index (κ3) is 2.59. The first kappa shape index (κ1) is 16.5. The molecule has 0 saturated carbocycles. The Labute approximate surface area is 149 Å². The molecule has 1 aromatic heterocycles. The number of carbonyl (C=O) groups is 1. The van der Waals surface area contributed by atoms with Crippen LogP contribution in [0.1, 0.15) is 27.9 Å². The van der Waals surface area contributed by atoms with Crippen LogP contribution in [0.3, 0.4) is 0 Å². The fourth-order valence-electron chi connectivity index (χ4n) is 3.91. The molecule has 8 nitrogen and oxygen atoms in total. The van der Waals surface area contributed by atoms with Crippen LogP contribution in [-0.4, -0.2) is 35.5 Å². The molecule has 1 atom stereocenters. The third-order valence-electron chi connectivity index (χ3n) is 5.12. The van der Waals surface area contributed by atoms with Gasteiger partial charge in [0.1, 0.15) is 17.6 Å². The lowest BCUT2D eigenvalue weighted by Gasteiger charge is -2.42. The van der Waals surface area contributed by atoms with Crippen LogP contribution in [0, 0.1) is 10.1 Å². The van der Waals surface area contributed by atoms with E-state index in [0.29, 0.717) is 25.5 Å². The lowest BCUT2D eigenvalue weighted by molar-refractivity contribution is -0.385. The molecule has 1 amide bonds. The quantitative estimate of drug-likeness (QED) is 0.664. The highest BCUT2D eigenvalue weighted by Gasteiger charge is 2.44. The second-order valence-electron chi connectivity index (χ2n) is 6.61. The third-order valence-corrected chi connectivity index (χ3v) is 5.12. The van der Waals surface area contributed by atoms with Crippen molar-refractivity contribution >= 4 is 17.4 Å². The number of aryl methyl sites for hydroxylation is 1. The summed E-state index contributed by atoms with van der Waals surface area (Å²) < 4.78 is 6.17. The van der Waals surface area contributed by atoms with E-state index in [2.05, 4.69) is 17.1 Å². The summed E-state index contributed by atoms with van der Waals surface area (Å²) in [6, 6.07) is 9.37. The number of nitro groups is 1. The van der Waals surface area contributed by atoms with E-state index in [1.165, 1.54) is 11.6 Å². The zero-order chi connectivity index (χ0) is 18.3. The number of anilines is 1. The van der Waals surface area contributed by atoms with E-state index in [1.54, 1.807) is 0 Å². The average Bonchev–Trinajstić information content (AvgIpc) is 2.99. The van der Waals surface area contributed by atoms with Gasteiger partial charge in [0.25, 0.3) is 11.6 Å². The molecule has 1 aliphatic heterocycles. The highest BCUT2D eigenvalue weighted by Crippen LogP contribution is 2.43. The molecule has 134 valence electrons. The number of pyridine rings is 1. The van der Waals surface area contributed by atoms with Crippen molar-refractivity contribution in [3.05, 3.63) is 63.3 Å². The number of amides is 1. The Bertz CT molecular complexity index is 897. The van der Waals surface area contributed by atoms with Crippen molar-refractivity contribution in [1.29, 1.82) is 0 Å². The van der Waals surface area contributed by atoms with Crippen LogP contribution in [0.5, 0.6) is 0 Å². The molecule has 1 saturated heterocycles. The molecule has 1 aliphatic carbocycles. The topological polar surface area (TPSA) is 112 Å². The van der Waals surface area contributed by atoms with Crippen molar-refractivity contribution in [1.82, 2.24) is 4.98 Å². The number of rotatable bonds is 3. The molecule has 1 aromatic carbocycles. The van der Waals surface area contributed by atoms with Crippen LogP contribution in [0.25, 0.3) is 0 Å². The number of hydrogen-bond acceptors (Lipinski definition) is 6. The number of ether oxygens (including phenoxy) is 1. The first-order valence-corrected chi connectivity index (χ1v) is 8.42. The van der Waals surface area contributed by atoms with Crippen molar-refractivity contribution in [3.63, 3.8) is 0 Å². The number of nitrogens with two attached hydrogens (primary N) is 1. The summed E-state index contributed by atoms with van der Waals surface area (Å²) in [5.41, 5.74) is 7.23. The number of aromatic nitrogens is 1. The van der Waals surface area contributed by atoms with Gasteiger partial charge in [-0.05, 0) is 24.0 Å². The van der Waals surface area contributed by atoms with Gasteiger partial charge in [-0.3, -0.25) is 14.9 Å². The molecule has 2 heterocycles. The van der Waals surface area contributed by atoms with Crippen LogP contribution in [0.4, 0.5) is 11.5 Å². The van der Waals surface area contributed by atoms with E-state index < -0.39 is 16.4 Å². The molecule has 2 aliphatic rings. The first-order chi connectivity index (χ1) is 12.5. The van der Waals surface area contributed by atoms with Crippen LogP contribution in [0.15, 0.2) is 36.5 Å². The standard InChI is InChI=1S/C18H18N4O4/c19-16(23)14-9-13(22(24)25)10-20-17(14)21-7-8-26-18(11-21)6-5-12-3-1-2-4-15(12)18/h1-4,9-10H,5-8,11H2,(H2,19,23). The fourth-order valence-corrected chi connectivity index (χ4v) is 3.91. The predicted molar refractivity (Wildman–Crippen MR) is 94.0 cm³/mol. The molecular formula is C18H18N4O4. The van der Waals surface area contributed by atoms with Crippen LogP contribution in [0.2, 0.25) is 0 Å². The zero-order valence-corrected chi connectivity index (χ0v) is 14.1. The summed E-state index contributed by atoms with van der Waals surface area (Å²) in [5, 5.41) is 11.0. The van der Waals surface area contributed by atoms with Gasteiger partial charge in [0, 0.05) is 12.6 Å². The number of benzene rings is 1. The van der Waals surface area contributed by atoms with E-state index >= 15 is 0 Å². The van der Waals surface area contributed by atoms with Gasteiger partial charge in [0.15, 0.2) is 0 Å². The summed E-state index contributed by atoms with van der Waals surface area (Å²) in [7, 11) is 0. The van der Waals surface area contributed by atoms with Gasteiger partial charge < -0.3 is 15.4 Å². The Morgan fingerprint density at radius 2 is 2.19 bits per heavy atom. The van der Waals surface area contributed by atoms with E-state index in [9.17, 15) is 14.9 Å². The number of carbonyl (C=O) groups excluding carboxylic acids is 1. The van der Waals surface area contributed by atoms with Gasteiger partial charge in [-0.1, -0.05) is 24.3 Å². The molecule has 1 unspecified atom stereocenters. The van der Waals surface area contributed by atoms with Crippen LogP contribution >= 0.6 is 0 Å². The Morgan fingerprint density at radius 3 is 2.96 bits per heavy atom. The van der Waals surface area contributed by atoms with Crippen molar-refractivity contribution in [3.8, 4) is 0 Å². The lowest BCUT2D eigenvalue weighted by Crippen LogP contribution is -2.49. The number of primary amides is 1. The second-order valence-corrected chi connectivity index (χ2v) is 6.61. The first-order valence-electron chi connectivity index (χ1n) is 8.42. The van der Waals surface area contributed by atoms with Gasteiger partial charge in [-0.15, -0.1) is 0 Å². The van der Waals surface area contributed by atoms with Gasteiger partial charge in [-0.25, -0.2) is 4.98 Å². The van der Waals surface area contributed by atoms with Gasteiger partial charge >= 0.3 is 0 Å². The largest absolute Gasteiger partial charge is 0.367 e. The minimum Gasteiger partial charge on any atom is -0.367 e. The number of morpholine rings is 1. The maximum absolute atomic E-state index is 11.9. The molecule has 26 heavy (non-hydrogen) atoms. The average molecular weight is 354 g/mol. The van der Waals surface area contributed by atoms with E-state index in [0.717, 1.165) is 24.6 Å². The molecule has 1 fully saturated rings. The molecule has 1 spiro atoms. The van der Waals surface area contributed by atoms with Crippen molar-refractivity contribution in [2.75, 3.05) is 24.6 Å². The Hall–Kier alpha value is -3.00. The predicted octanol–water partition coefficient (Wildman–Crippen LogP) is 1.77. The van der Waals surface area contributed by atoms with E-state index in [-0.39, 0.29) is 11.3 Å². The van der Waals surface area contributed by atoms with Crippen molar-refractivity contribution in [2.24, 2.45) is 5.73 Å². The Balaban J connectivity index is 1.71. The molecular weight excluding hydrogens is 336 g/mol. The normalized spacial score (nSPS) is 21.6. The summed E-state index contributed by atoms with van der Waals surface area (Å²) in [5.74, 6) is -0.362. The molecule has 0 radical (unpaired) electrons. The van der Waals surface area contributed by atoms with Gasteiger partial charge in [0.2, 0.25) is 0 Å². The van der Waals surface area contributed by atoms with Gasteiger partial charge in [-0.2, -0.15) is 0 Å². The van der Waals surface area contributed by atoms with Gasteiger partial charge in [0.05, 0.1) is 23.6 Å². The SMILES string of the molecule is NC(=O)c1cc([N+](=O)[O-])cnc1N1CCOC2(CCc3ccccc32)C1. The molecule has 2 aromatic rings. The highest BCUT2D eigenvalue weighted by atomic mass is 16.6. The smallest absolute Gasteiger partial charge is 0.288 e. The fraction of sp³-hybridized carbons (Fsp3) is 0.333. The second kappa shape index (κ2) is 6.06. The van der Waals surface area contributed by atoms with Crippen molar-refractivity contribution < 1.29 is 14.5 Å². The zero-order valence-electron chi connectivity index (χ0n) is 14.1. The number of fused-ring (bicyclic) bond motifs is 2. The number of hydrogen-bond donors (Lipinski definition) is 1. The molecule has 2 N–H and O–H groups in total. The maximum Gasteiger partial charge on any atom is 0.288 e. The summed E-state index contributed by atoms with van der Waals surface area (Å²) >= 11 is 0. The summed E-state index contributed by atoms with van der Waals surface area (Å²) in [6.45, 7) is 1.54. The molecule has 0 bridgehead atoms.